The van der Waals surface area contributed by atoms with Gasteiger partial charge in [-0.25, -0.2) is 0 Å². The molecule has 0 unspecified atom stereocenters. The maximum Gasteiger partial charge on any atom is 0.248 e. The maximum absolute atomic E-state index is 11.3. The molecule has 2 N–H and O–H groups in total. The first kappa shape index (κ1) is 8.73. The van der Waals surface area contributed by atoms with Crippen LogP contribution in [0.4, 0.5) is 0 Å². The summed E-state index contributed by atoms with van der Waals surface area (Å²) in [6, 6.07) is 7.53. The van der Waals surface area contributed by atoms with E-state index in [4.69, 9.17) is 0 Å². The first-order valence-electron chi connectivity index (χ1n) is 4.54. The molecule has 0 spiro atoms. The van der Waals surface area contributed by atoms with Gasteiger partial charge in [-0.1, -0.05) is 22.0 Å². The van der Waals surface area contributed by atoms with Crippen LogP contribution in [0.2, 0.25) is 0 Å². The van der Waals surface area contributed by atoms with E-state index in [0.717, 1.165) is 26.3 Å². The van der Waals surface area contributed by atoms with E-state index in [1.807, 2.05) is 18.2 Å². The average Bonchev–Trinajstić information content (AvgIpc) is 2.57. The molecule has 0 amide bonds. The van der Waals surface area contributed by atoms with E-state index in [9.17, 15) is 4.79 Å². The fraction of sp³-hybridized carbons (Fsp3) is 0. The minimum absolute atomic E-state index is 0.0841. The molecule has 3 aromatic rings. The van der Waals surface area contributed by atoms with Gasteiger partial charge in [0.2, 0.25) is 5.56 Å². The second-order valence-corrected chi connectivity index (χ2v) is 4.27. The molecule has 3 rings (SSSR count). The Morgan fingerprint density at radius 3 is 2.93 bits per heavy atom. The van der Waals surface area contributed by atoms with Crippen molar-refractivity contribution in [3.63, 3.8) is 0 Å². The van der Waals surface area contributed by atoms with Crippen LogP contribution in [0, 0.1) is 0 Å². The molecule has 15 heavy (non-hydrogen) atoms. The Labute approximate surface area is 93.3 Å². The third-order valence-corrected chi connectivity index (χ3v) is 3.14. The monoisotopic (exact) mass is 262 g/mol. The number of pyridine rings is 1. The van der Waals surface area contributed by atoms with Crippen molar-refractivity contribution in [2.75, 3.05) is 0 Å². The highest BCUT2D eigenvalue weighted by molar-refractivity contribution is 9.10. The molecule has 1 aromatic carbocycles. The number of nitrogens with one attached hydrogen (secondary N) is 2. The number of rotatable bonds is 0. The van der Waals surface area contributed by atoms with Crippen molar-refractivity contribution in [3.05, 3.63) is 45.3 Å². The zero-order valence-corrected chi connectivity index (χ0v) is 9.26. The number of H-pyrrole nitrogens is 2. The summed E-state index contributed by atoms with van der Waals surface area (Å²) in [5.41, 5.74) is 1.88. The van der Waals surface area contributed by atoms with Crippen LogP contribution >= 0.6 is 15.9 Å². The fourth-order valence-corrected chi connectivity index (χ4v) is 2.41. The van der Waals surface area contributed by atoms with Gasteiger partial charge in [-0.2, -0.15) is 0 Å². The molecule has 0 aliphatic carbocycles. The number of halogens is 1. The zero-order valence-electron chi connectivity index (χ0n) is 7.67. The molecule has 74 valence electrons. The van der Waals surface area contributed by atoms with Crippen LogP contribution in [-0.2, 0) is 0 Å². The van der Waals surface area contributed by atoms with E-state index in [1.165, 1.54) is 0 Å². The summed E-state index contributed by atoms with van der Waals surface area (Å²) in [5, 5.41) is 2.00. The molecule has 0 saturated carbocycles. The normalized spacial score (nSPS) is 11.3. The van der Waals surface area contributed by atoms with Gasteiger partial charge in [0.25, 0.3) is 0 Å². The number of benzene rings is 1. The lowest BCUT2D eigenvalue weighted by Crippen LogP contribution is -2.00. The predicted molar refractivity (Wildman–Crippen MR) is 64.1 cm³/mol. The van der Waals surface area contributed by atoms with Crippen LogP contribution < -0.4 is 5.56 Å². The third-order valence-electron chi connectivity index (χ3n) is 2.48. The van der Waals surface area contributed by atoms with Crippen LogP contribution in [0.3, 0.4) is 0 Å². The lowest BCUT2D eigenvalue weighted by Gasteiger charge is -1.93. The highest BCUT2D eigenvalue weighted by atomic mass is 79.9. The van der Waals surface area contributed by atoms with Gasteiger partial charge < -0.3 is 9.97 Å². The van der Waals surface area contributed by atoms with Crippen LogP contribution in [-0.4, -0.2) is 9.97 Å². The van der Waals surface area contributed by atoms with Gasteiger partial charge in [-0.15, -0.1) is 0 Å². The molecule has 0 aliphatic heterocycles. The highest BCUT2D eigenvalue weighted by Crippen LogP contribution is 2.30. The number of aromatic amines is 2. The second kappa shape index (κ2) is 2.97. The summed E-state index contributed by atoms with van der Waals surface area (Å²) < 4.78 is 0.997. The largest absolute Gasteiger partial charge is 0.353 e. The Bertz CT molecular complexity index is 711. The van der Waals surface area contributed by atoms with Crippen LogP contribution in [0.5, 0.6) is 0 Å². The van der Waals surface area contributed by atoms with Crippen molar-refractivity contribution in [1.82, 2.24) is 9.97 Å². The number of fused-ring (bicyclic) bond motifs is 3. The third kappa shape index (κ3) is 1.22. The molecule has 0 fully saturated rings. The summed E-state index contributed by atoms with van der Waals surface area (Å²) in [4.78, 5) is 17.2. The van der Waals surface area contributed by atoms with E-state index in [0.29, 0.717) is 0 Å². The zero-order chi connectivity index (χ0) is 10.4. The van der Waals surface area contributed by atoms with Gasteiger partial charge in [0.15, 0.2) is 0 Å². The standard InChI is InChI=1S/C11H7BrN2O/c12-7-2-1-3-8-11(7)6-4-10(15)13-5-9(6)14-8/h1-5,14H,(H,13,15). The minimum Gasteiger partial charge on any atom is -0.353 e. The molecule has 0 bridgehead atoms. The van der Waals surface area contributed by atoms with Gasteiger partial charge in [0.05, 0.1) is 5.52 Å². The van der Waals surface area contributed by atoms with Crippen molar-refractivity contribution in [2.24, 2.45) is 0 Å². The summed E-state index contributed by atoms with van der Waals surface area (Å²) >= 11 is 3.49. The quantitative estimate of drug-likeness (QED) is 0.643. The SMILES string of the molecule is O=c1cc2c(c[nH]1)[nH]c1cccc(Br)c12. The molecular weight excluding hydrogens is 256 g/mol. The van der Waals surface area contributed by atoms with E-state index >= 15 is 0 Å². The molecule has 3 nitrogen and oxygen atoms in total. The predicted octanol–water partition coefficient (Wildman–Crippen LogP) is 2.77. The smallest absolute Gasteiger partial charge is 0.248 e. The number of hydrogen-bond acceptors (Lipinski definition) is 1. The van der Waals surface area contributed by atoms with E-state index < -0.39 is 0 Å². The van der Waals surface area contributed by atoms with Crippen LogP contribution in [0.25, 0.3) is 21.8 Å². The van der Waals surface area contributed by atoms with E-state index in [1.54, 1.807) is 12.3 Å². The van der Waals surface area contributed by atoms with Gasteiger partial charge in [-0.3, -0.25) is 4.79 Å². The molecule has 0 aliphatic rings. The molecule has 4 heteroatoms. The highest BCUT2D eigenvalue weighted by Gasteiger charge is 2.06. The summed E-state index contributed by atoms with van der Waals surface area (Å²) in [6.45, 7) is 0. The van der Waals surface area contributed by atoms with Crippen molar-refractivity contribution in [2.45, 2.75) is 0 Å². The second-order valence-electron chi connectivity index (χ2n) is 3.41. The van der Waals surface area contributed by atoms with Crippen molar-refractivity contribution in [3.8, 4) is 0 Å². The Kier molecular flexibility index (Phi) is 1.73. The van der Waals surface area contributed by atoms with E-state index in [2.05, 4.69) is 25.9 Å². The van der Waals surface area contributed by atoms with Crippen molar-refractivity contribution < 1.29 is 0 Å². The van der Waals surface area contributed by atoms with Gasteiger partial charge in [0.1, 0.15) is 0 Å². The summed E-state index contributed by atoms with van der Waals surface area (Å²) in [5.74, 6) is 0. The number of aromatic nitrogens is 2. The Morgan fingerprint density at radius 1 is 1.20 bits per heavy atom. The van der Waals surface area contributed by atoms with E-state index in [-0.39, 0.29) is 5.56 Å². The maximum atomic E-state index is 11.3. The summed E-state index contributed by atoms with van der Waals surface area (Å²) in [6.07, 6.45) is 1.70. The molecule has 0 radical (unpaired) electrons. The molecule has 0 saturated heterocycles. The first-order chi connectivity index (χ1) is 7.25. The first-order valence-corrected chi connectivity index (χ1v) is 5.33. The van der Waals surface area contributed by atoms with Crippen molar-refractivity contribution >= 4 is 37.7 Å². The Balaban J connectivity index is 2.67. The van der Waals surface area contributed by atoms with Gasteiger partial charge in [-0.05, 0) is 12.1 Å². The van der Waals surface area contributed by atoms with Crippen LogP contribution in [0.1, 0.15) is 0 Å². The van der Waals surface area contributed by atoms with Gasteiger partial charge in [0, 0.05) is 33.0 Å². The molecule has 2 heterocycles. The lowest BCUT2D eigenvalue weighted by molar-refractivity contribution is 1.26. The molecule has 0 atom stereocenters. The number of hydrogen-bond donors (Lipinski definition) is 2. The minimum atomic E-state index is -0.0841. The van der Waals surface area contributed by atoms with Gasteiger partial charge >= 0.3 is 0 Å². The van der Waals surface area contributed by atoms with Crippen molar-refractivity contribution in [1.29, 1.82) is 0 Å². The molecule has 2 aromatic heterocycles. The molecular formula is C11H7BrN2O. The lowest BCUT2D eigenvalue weighted by atomic mass is 10.2. The average molecular weight is 263 g/mol. The summed E-state index contributed by atoms with van der Waals surface area (Å²) in [7, 11) is 0. The topological polar surface area (TPSA) is 48.6 Å². The Hall–Kier alpha value is -1.55. The fourth-order valence-electron chi connectivity index (χ4n) is 1.83. The van der Waals surface area contributed by atoms with Crippen LogP contribution in [0.15, 0.2) is 39.7 Å². The Morgan fingerprint density at radius 2 is 2.07 bits per heavy atom.